The van der Waals surface area contributed by atoms with Gasteiger partial charge in [-0.25, -0.2) is 14.6 Å². The van der Waals surface area contributed by atoms with E-state index in [0.717, 1.165) is 48.2 Å². The topological polar surface area (TPSA) is 85.2 Å². The van der Waals surface area contributed by atoms with Gasteiger partial charge in [0.05, 0.1) is 17.3 Å². The number of nitrogens with zero attached hydrogens (tertiary/aromatic N) is 5. The van der Waals surface area contributed by atoms with Gasteiger partial charge in [0, 0.05) is 24.8 Å². The largest absolute Gasteiger partial charge is 0.455 e. The Kier molecular flexibility index (Phi) is 6.43. The fourth-order valence-corrected chi connectivity index (χ4v) is 4.40. The van der Waals surface area contributed by atoms with Gasteiger partial charge in [0.25, 0.3) is 0 Å². The lowest BCUT2D eigenvalue weighted by atomic mass is 9.97. The first-order valence-corrected chi connectivity index (χ1v) is 11.8. The molecule has 1 fully saturated rings. The number of aryl methyl sites for hydroxylation is 2. The molecule has 1 saturated heterocycles. The van der Waals surface area contributed by atoms with Crippen molar-refractivity contribution in [3.05, 3.63) is 84.4 Å². The average Bonchev–Trinajstić information content (AvgIpc) is 3.23. The number of rotatable bonds is 6. The summed E-state index contributed by atoms with van der Waals surface area (Å²) in [7, 11) is 0. The van der Waals surface area contributed by atoms with Crippen molar-refractivity contribution in [3.63, 3.8) is 0 Å². The lowest BCUT2D eigenvalue weighted by molar-refractivity contribution is -0.120. The molecule has 3 heterocycles. The summed E-state index contributed by atoms with van der Waals surface area (Å²) in [6, 6.07) is 21.0. The summed E-state index contributed by atoms with van der Waals surface area (Å²) in [4.78, 5) is 24.3. The zero-order chi connectivity index (χ0) is 24.2. The van der Waals surface area contributed by atoms with Crippen molar-refractivity contribution >= 4 is 17.4 Å². The average molecular weight is 469 g/mol. The van der Waals surface area contributed by atoms with E-state index >= 15 is 0 Å². The van der Waals surface area contributed by atoms with Gasteiger partial charge in [0.1, 0.15) is 17.9 Å². The van der Waals surface area contributed by atoms with Gasteiger partial charge in [-0.3, -0.25) is 4.79 Å². The molecule has 5 rings (SSSR count). The normalized spacial score (nSPS) is 15.6. The van der Waals surface area contributed by atoms with E-state index in [4.69, 9.17) is 4.74 Å². The lowest BCUT2D eigenvalue weighted by Gasteiger charge is -2.33. The zero-order valence-corrected chi connectivity index (χ0v) is 19.9. The van der Waals surface area contributed by atoms with Gasteiger partial charge in [0.2, 0.25) is 5.91 Å². The molecule has 1 amide bonds. The second-order valence-corrected chi connectivity index (χ2v) is 8.76. The maximum atomic E-state index is 13.2. The van der Waals surface area contributed by atoms with Gasteiger partial charge in [-0.15, -0.1) is 0 Å². The van der Waals surface area contributed by atoms with Crippen LogP contribution in [0.2, 0.25) is 0 Å². The maximum Gasteiger partial charge on any atom is 0.229 e. The van der Waals surface area contributed by atoms with Crippen molar-refractivity contribution in [1.29, 1.82) is 0 Å². The minimum atomic E-state index is -0.166. The molecule has 0 spiro atoms. The Bertz CT molecular complexity index is 1320. The summed E-state index contributed by atoms with van der Waals surface area (Å²) >= 11 is 0. The molecule has 0 aliphatic carbocycles. The predicted octanol–water partition coefficient (Wildman–Crippen LogP) is 4.93. The van der Waals surface area contributed by atoms with Crippen molar-refractivity contribution in [1.82, 2.24) is 19.7 Å². The summed E-state index contributed by atoms with van der Waals surface area (Å²) in [5.41, 5.74) is 2.61. The number of ether oxygens (including phenoxy) is 1. The molecule has 1 N–H and O–H groups in total. The Labute approximate surface area is 204 Å². The molecule has 8 heteroatoms. The zero-order valence-electron chi connectivity index (χ0n) is 19.9. The molecule has 1 aliphatic rings. The number of nitrogens with one attached hydrogen (secondary N) is 1. The molecule has 35 heavy (non-hydrogen) atoms. The third-order valence-electron chi connectivity index (χ3n) is 6.10. The number of hydrogen-bond acceptors (Lipinski definition) is 6. The number of para-hydroxylation sites is 3. The molecule has 2 aromatic carbocycles. The Balaban J connectivity index is 1.29. The van der Waals surface area contributed by atoms with Gasteiger partial charge >= 0.3 is 0 Å². The fraction of sp³-hybridized carbons (Fsp3) is 0.259. The van der Waals surface area contributed by atoms with E-state index in [1.165, 1.54) is 0 Å². The molecule has 0 bridgehead atoms. The summed E-state index contributed by atoms with van der Waals surface area (Å²) in [5.74, 6) is 2.67. The van der Waals surface area contributed by atoms with Crippen LogP contribution in [0.15, 0.2) is 73.1 Å². The summed E-state index contributed by atoms with van der Waals surface area (Å²) in [6.07, 6.45) is 3.28. The van der Waals surface area contributed by atoms with Crippen LogP contribution in [0.5, 0.6) is 11.5 Å². The highest BCUT2D eigenvalue weighted by Gasteiger charge is 2.27. The van der Waals surface area contributed by atoms with E-state index in [9.17, 15) is 4.79 Å². The number of carbonyl (C=O) groups excluding carboxylic acids is 1. The van der Waals surface area contributed by atoms with Crippen LogP contribution >= 0.6 is 0 Å². The van der Waals surface area contributed by atoms with Gasteiger partial charge < -0.3 is 15.0 Å². The van der Waals surface area contributed by atoms with E-state index < -0.39 is 0 Å². The molecule has 1 atom stereocenters. The number of aromatic nitrogens is 4. The smallest absolute Gasteiger partial charge is 0.229 e. The number of anilines is 2. The van der Waals surface area contributed by atoms with Crippen LogP contribution in [0.1, 0.15) is 24.2 Å². The van der Waals surface area contributed by atoms with Crippen molar-refractivity contribution in [2.75, 3.05) is 23.3 Å². The van der Waals surface area contributed by atoms with Crippen LogP contribution in [-0.2, 0) is 4.79 Å². The Morgan fingerprint density at radius 1 is 1.00 bits per heavy atom. The number of hydrogen-bond donors (Lipinski definition) is 1. The second-order valence-electron chi connectivity index (χ2n) is 8.76. The molecule has 2 aromatic heterocycles. The van der Waals surface area contributed by atoms with Gasteiger partial charge in [-0.2, -0.15) is 5.10 Å². The summed E-state index contributed by atoms with van der Waals surface area (Å²) < 4.78 is 7.82. The molecule has 1 aliphatic heterocycles. The quantitative estimate of drug-likeness (QED) is 0.432. The highest BCUT2D eigenvalue weighted by atomic mass is 16.5. The standard InChI is InChI=1S/C27H28N6O2/c1-19-15-20(2)33(31-19)26-16-25(28-18-29-26)32-14-8-9-21(17-32)27(34)30-23-12-6-7-13-24(23)35-22-10-4-3-5-11-22/h3-7,10-13,15-16,18,21H,8-9,14,17H2,1-2H3,(H,30,34). The van der Waals surface area contributed by atoms with E-state index in [1.807, 2.05) is 85.3 Å². The summed E-state index contributed by atoms with van der Waals surface area (Å²) in [5, 5.41) is 7.61. The van der Waals surface area contributed by atoms with Crippen molar-refractivity contribution < 1.29 is 9.53 Å². The molecular formula is C27H28N6O2. The van der Waals surface area contributed by atoms with Crippen LogP contribution in [0.4, 0.5) is 11.5 Å². The highest BCUT2D eigenvalue weighted by Crippen LogP contribution is 2.30. The van der Waals surface area contributed by atoms with E-state index in [1.54, 1.807) is 6.33 Å². The number of amides is 1. The van der Waals surface area contributed by atoms with E-state index in [-0.39, 0.29) is 11.8 Å². The van der Waals surface area contributed by atoms with Crippen molar-refractivity contribution in [3.8, 4) is 17.3 Å². The Hall–Kier alpha value is -4.20. The number of benzene rings is 2. The van der Waals surface area contributed by atoms with Crippen LogP contribution in [0.25, 0.3) is 5.82 Å². The van der Waals surface area contributed by atoms with Gasteiger partial charge in [0.15, 0.2) is 11.6 Å². The minimum Gasteiger partial charge on any atom is -0.455 e. The molecule has 178 valence electrons. The Morgan fingerprint density at radius 2 is 1.77 bits per heavy atom. The van der Waals surface area contributed by atoms with Crippen LogP contribution < -0.4 is 15.0 Å². The van der Waals surface area contributed by atoms with Crippen LogP contribution in [-0.4, -0.2) is 38.7 Å². The molecule has 0 radical (unpaired) electrons. The fourth-order valence-electron chi connectivity index (χ4n) is 4.40. The number of piperidine rings is 1. The predicted molar refractivity (Wildman–Crippen MR) is 135 cm³/mol. The first-order chi connectivity index (χ1) is 17.1. The monoisotopic (exact) mass is 468 g/mol. The van der Waals surface area contributed by atoms with Crippen LogP contribution in [0.3, 0.4) is 0 Å². The van der Waals surface area contributed by atoms with Crippen molar-refractivity contribution in [2.45, 2.75) is 26.7 Å². The highest BCUT2D eigenvalue weighted by molar-refractivity contribution is 5.94. The molecule has 4 aromatic rings. The number of carbonyl (C=O) groups is 1. The molecule has 0 saturated carbocycles. The SMILES string of the molecule is Cc1cc(C)n(-c2cc(N3CCCC(C(=O)Nc4ccccc4Oc4ccccc4)C3)ncn2)n1. The maximum absolute atomic E-state index is 13.2. The third kappa shape index (κ3) is 5.16. The lowest BCUT2D eigenvalue weighted by Crippen LogP contribution is -2.41. The second kappa shape index (κ2) is 9.97. The minimum absolute atomic E-state index is 0.0216. The van der Waals surface area contributed by atoms with E-state index in [2.05, 4.69) is 25.3 Å². The van der Waals surface area contributed by atoms with Gasteiger partial charge in [-0.05, 0) is 57.0 Å². The van der Waals surface area contributed by atoms with E-state index in [0.29, 0.717) is 18.0 Å². The van der Waals surface area contributed by atoms with Crippen LogP contribution in [0, 0.1) is 19.8 Å². The Morgan fingerprint density at radius 3 is 2.57 bits per heavy atom. The molecule has 1 unspecified atom stereocenters. The van der Waals surface area contributed by atoms with Crippen molar-refractivity contribution in [2.24, 2.45) is 5.92 Å². The first-order valence-electron chi connectivity index (χ1n) is 11.8. The third-order valence-corrected chi connectivity index (χ3v) is 6.10. The first kappa shape index (κ1) is 22.6. The summed E-state index contributed by atoms with van der Waals surface area (Å²) in [6.45, 7) is 5.39. The molecule has 8 nitrogen and oxygen atoms in total. The van der Waals surface area contributed by atoms with Gasteiger partial charge in [-0.1, -0.05) is 30.3 Å². The molecular weight excluding hydrogens is 440 g/mol.